The molecule has 1 atom stereocenters. The molecule has 0 aromatic rings. The van der Waals surface area contributed by atoms with Crippen LogP contribution in [-0.2, 0) is 10.1 Å². The lowest BCUT2D eigenvalue weighted by atomic mass is 10.4. The summed E-state index contributed by atoms with van der Waals surface area (Å²) in [6.45, 7) is 3.18. The SMILES string of the molecule is CC(C)=CS(=N)(=O)F. The Bertz CT molecular complexity index is 188. The maximum atomic E-state index is 11.8. The average molecular weight is 137 g/mol. The Morgan fingerprint density at radius 2 is 2.12 bits per heavy atom. The van der Waals surface area contributed by atoms with Gasteiger partial charge in [-0.2, -0.15) is 0 Å². The van der Waals surface area contributed by atoms with Gasteiger partial charge in [0.15, 0.2) is 0 Å². The number of rotatable bonds is 1. The van der Waals surface area contributed by atoms with Crippen LogP contribution in [0.3, 0.4) is 0 Å². The Hall–Kier alpha value is -0.380. The first-order valence-corrected chi connectivity index (χ1v) is 3.57. The predicted molar refractivity (Wildman–Crippen MR) is 31.4 cm³/mol. The molecule has 2 nitrogen and oxygen atoms in total. The second-order valence-electron chi connectivity index (χ2n) is 1.72. The quantitative estimate of drug-likeness (QED) is 0.550. The molecular formula is C4H8FNOS. The first kappa shape index (κ1) is 7.62. The Balaban J connectivity index is 4.36. The highest BCUT2D eigenvalue weighted by atomic mass is 32.3. The molecule has 0 radical (unpaired) electrons. The van der Waals surface area contributed by atoms with Crippen LogP contribution in [0.25, 0.3) is 0 Å². The summed E-state index contributed by atoms with van der Waals surface area (Å²) >= 11 is 0. The third kappa shape index (κ3) is 5.62. The van der Waals surface area contributed by atoms with Gasteiger partial charge in [-0.05, 0) is 13.8 Å². The lowest BCUT2D eigenvalue weighted by molar-refractivity contribution is 0.645. The summed E-state index contributed by atoms with van der Waals surface area (Å²) in [6.07, 6.45) is 0. The Morgan fingerprint density at radius 1 is 1.75 bits per heavy atom. The minimum Gasteiger partial charge on any atom is -0.223 e. The van der Waals surface area contributed by atoms with Crippen molar-refractivity contribution in [3.8, 4) is 0 Å². The molecule has 0 heterocycles. The predicted octanol–water partition coefficient (Wildman–Crippen LogP) is 1.84. The minimum atomic E-state index is -3.89. The van der Waals surface area contributed by atoms with Crippen LogP contribution in [0.1, 0.15) is 13.8 Å². The summed E-state index contributed by atoms with van der Waals surface area (Å²) in [4.78, 5) is 0. The van der Waals surface area contributed by atoms with E-state index in [1.54, 1.807) is 13.8 Å². The van der Waals surface area contributed by atoms with Gasteiger partial charge < -0.3 is 0 Å². The van der Waals surface area contributed by atoms with E-state index in [9.17, 15) is 8.09 Å². The Labute approximate surface area is 48.7 Å². The molecule has 48 valence electrons. The molecule has 4 heteroatoms. The van der Waals surface area contributed by atoms with Gasteiger partial charge in [-0.1, -0.05) is 5.57 Å². The highest BCUT2D eigenvalue weighted by Gasteiger charge is 1.92. The van der Waals surface area contributed by atoms with Crippen molar-refractivity contribution in [1.29, 1.82) is 4.78 Å². The summed E-state index contributed by atoms with van der Waals surface area (Å²) < 4.78 is 27.9. The number of hydrogen-bond acceptors (Lipinski definition) is 2. The fourth-order valence-electron chi connectivity index (χ4n) is 0.303. The molecule has 0 amide bonds. The molecule has 8 heavy (non-hydrogen) atoms. The third-order valence-electron chi connectivity index (χ3n) is 0.387. The molecule has 0 saturated heterocycles. The fraction of sp³-hybridized carbons (Fsp3) is 0.500. The van der Waals surface area contributed by atoms with Crippen LogP contribution in [0.2, 0.25) is 0 Å². The molecule has 0 aliphatic carbocycles. The summed E-state index contributed by atoms with van der Waals surface area (Å²) in [6, 6.07) is 0. The number of halogens is 1. The van der Waals surface area contributed by atoms with Crippen LogP contribution < -0.4 is 0 Å². The van der Waals surface area contributed by atoms with Crippen LogP contribution >= 0.6 is 0 Å². The van der Waals surface area contributed by atoms with E-state index < -0.39 is 10.1 Å². The van der Waals surface area contributed by atoms with E-state index in [0.717, 1.165) is 5.41 Å². The average Bonchev–Trinajstić information content (AvgIpc) is 1.21. The number of hydrogen-bond donors (Lipinski definition) is 1. The summed E-state index contributed by atoms with van der Waals surface area (Å²) in [7, 11) is -3.89. The Kier molecular flexibility index (Phi) is 2.15. The van der Waals surface area contributed by atoms with Gasteiger partial charge in [-0.15, -0.1) is 3.89 Å². The monoisotopic (exact) mass is 137 g/mol. The lowest BCUT2D eigenvalue weighted by Gasteiger charge is -1.84. The second kappa shape index (κ2) is 2.26. The van der Waals surface area contributed by atoms with Crippen molar-refractivity contribution in [2.75, 3.05) is 0 Å². The molecular weight excluding hydrogens is 129 g/mol. The van der Waals surface area contributed by atoms with Gasteiger partial charge in [-0.3, -0.25) is 0 Å². The summed E-state index contributed by atoms with van der Waals surface area (Å²) in [5, 5.41) is 0.799. The third-order valence-corrected chi connectivity index (χ3v) is 1.16. The molecule has 0 rings (SSSR count). The van der Waals surface area contributed by atoms with Gasteiger partial charge in [-0.25, -0.2) is 8.99 Å². The van der Waals surface area contributed by atoms with Crippen molar-refractivity contribution in [2.45, 2.75) is 13.8 Å². The van der Waals surface area contributed by atoms with E-state index in [1.807, 2.05) is 0 Å². The van der Waals surface area contributed by atoms with Crippen molar-refractivity contribution in [3.63, 3.8) is 0 Å². The zero-order chi connectivity index (χ0) is 6.78. The molecule has 0 aliphatic heterocycles. The minimum absolute atomic E-state index is 0.563. The molecule has 0 spiro atoms. The van der Waals surface area contributed by atoms with E-state index in [1.165, 1.54) is 0 Å². The van der Waals surface area contributed by atoms with Crippen molar-refractivity contribution in [2.24, 2.45) is 0 Å². The van der Waals surface area contributed by atoms with Crippen LogP contribution in [0, 0.1) is 4.78 Å². The van der Waals surface area contributed by atoms with E-state index in [2.05, 4.69) is 0 Å². The molecule has 1 unspecified atom stereocenters. The molecule has 0 aliphatic rings. The standard InChI is InChI=1S/C4H8FNOS/c1-4(2)3-8(5,6)7/h3,6H,1-2H3. The van der Waals surface area contributed by atoms with Crippen molar-refractivity contribution < 1.29 is 8.09 Å². The van der Waals surface area contributed by atoms with Gasteiger partial charge in [0.1, 0.15) is 0 Å². The van der Waals surface area contributed by atoms with Gasteiger partial charge in [0.05, 0.1) is 0 Å². The van der Waals surface area contributed by atoms with E-state index in [-0.39, 0.29) is 0 Å². The van der Waals surface area contributed by atoms with Crippen LogP contribution in [0.4, 0.5) is 3.89 Å². The van der Waals surface area contributed by atoms with Gasteiger partial charge in [0.2, 0.25) is 10.1 Å². The molecule has 0 saturated carbocycles. The Morgan fingerprint density at radius 3 is 2.12 bits per heavy atom. The van der Waals surface area contributed by atoms with Crippen molar-refractivity contribution >= 4 is 10.1 Å². The first-order valence-electron chi connectivity index (χ1n) is 2.05. The molecule has 0 bridgehead atoms. The maximum Gasteiger partial charge on any atom is 0.221 e. The van der Waals surface area contributed by atoms with Crippen molar-refractivity contribution in [1.82, 2.24) is 0 Å². The van der Waals surface area contributed by atoms with E-state index >= 15 is 0 Å². The van der Waals surface area contributed by atoms with E-state index in [4.69, 9.17) is 4.78 Å². The topological polar surface area (TPSA) is 40.9 Å². The molecule has 1 N–H and O–H groups in total. The van der Waals surface area contributed by atoms with Gasteiger partial charge in [0.25, 0.3) is 0 Å². The smallest absolute Gasteiger partial charge is 0.221 e. The van der Waals surface area contributed by atoms with Crippen LogP contribution in [-0.4, -0.2) is 4.21 Å². The molecule has 0 aromatic heterocycles. The van der Waals surface area contributed by atoms with Crippen LogP contribution in [0.15, 0.2) is 11.0 Å². The zero-order valence-electron chi connectivity index (χ0n) is 4.77. The van der Waals surface area contributed by atoms with Crippen LogP contribution in [0.5, 0.6) is 0 Å². The first-order chi connectivity index (χ1) is 3.42. The van der Waals surface area contributed by atoms with Gasteiger partial charge >= 0.3 is 0 Å². The van der Waals surface area contributed by atoms with Crippen molar-refractivity contribution in [3.05, 3.63) is 11.0 Å². The fourth-order valence-corrected chi connectivity index (χ4v) is 0.909. The maximum absolute atomic E-state index is 11.8. The number of nitrogens with one attached hydrogen (secondary N) is 1. The lowest BCUT2D eigenvalue weighted by Crippen LogP contribution is -1.79. The zero-order valence-corrected chi connectivity index (χ0v) is 5.59. The molecule has 0 aromatic carbocycles. The second-order valence-corrected chi connectivity index (χ2v) is 3.01. The number of allylic oxidation sites excluding steroid dienone is 1. The van der Waals surface area contributed by atoms with E-state index in [0.29, 0.717) is 5.57 Å². The molecule has 0 fully saturated rings. The normalized spacial score (nSPS) is 16.9. The highest BCUT2D eigenvalue weighted by molar-refractivity contribution is 7.90. The summed E-state index contributed by atoms with van der Waals surface area (Å²) in [5.41, 5.74) is 0.563. The highest BCUT2D eigenvalue weighted by Crippen LogP contribution is 1.99. The largest absolute Gasteiger partial charge is 0.223 e. The summed E-state index contributed by atoms with van der Waals surface area (Å²) in [5.74, 6) is 0. The van der Waals surface area contributed by atoms with Gasteiger partial charge in [0, 0.05) is 5.41 Å².